The van der Waals surface area contributed by atoms with E-state index in [0.717, 1.165) is 20.8 Å². The number of hydrogen-bond donors (Lipinski definition) is 2. The maximum Gasteiger partial charge on any atom is 0.345 e. The van der Waals surface area contributed by atoms with Crippen LogP contribution in [-0.4, -0.2) is 18.2 Å². The van der Waals surface area contributed by atoms with Crippen molar-refractivity contribution in [2.45, 2.75) is 6.54 Å². The van der Waals surface area contributed by atoms with E-state index in [9.17, 15) is 4.79 Å². The zero-order valence-electron chi connectivity index (χ0n) is 10.1. The summed E-state index contributed by atoms with van der Waals surface area (Å²) in [5, 5.41) is 12.1. The van der Waals surface area contributed by atoms with Crippen LogP contribution in [0.25, 0.3) is 0 Å². The molecule has 0 amide bonds. The van der Waals surface area contributed by atoms with Crippen LogP contribution in [0.3, 0.4) is 0 Å². The molecule has 2 rings (SSSR count). The van der Waals surface area contributed by atoms with Crippen LogP contribution in [0, 0.1) is 0 Å². The monoisotopic (exact) mass is 341 g/mol. The average Bonchev–Trinajstić information content (AvgIpc) is 2.84. The molecule has 0 aliphatic carbocycles. The van der Waals surface area contributed by atoms with Crippen molar-refractivity contribution in [3.05, 3.63) is 44.6 Å². The number of aromatic carboxylic acids is 1. The fraction of sp³-hybridized carbons (Fsp3) is 0.154. The summed E-state index contributed by atoms with van der Waals surface area (Å²) in [6.07, 6.45) is 0. The van der Waals surface area contributed by atoms with Gasteiger partial charge in [-0.3, -0.25) is 0 Å². The molecule has 1 aromatic heterocycles. The van der Waals surface area contributed by atoms with Crippen LogP contribution in [0.2, 0.25) is 0 Å². The number of halogens is 1. The highest BCUT2D eigenvalue weighted by molar-refractivity contribution is 9.10. The average molecular weight is 342 g/mol. The maximum absolute atomic E-state index is 10.8. The number of carboxylic acid groups (broad SMARTS) is 1. The number of nitrogens with one attached hydrogen (secondary N) is 1. The molecular formula is C13H12BrNO3S. The van der Waals surface area contributed by atoms with Gasteiger partial charge in [0.1, 0.15) is 10.6 Å². The molecule has 0 unspecified atom stereocenters. The summed E-state index contributed by atoms with van der Waals surface area (Å²) in [7, 11) is 1.62. The molecule has 0 spiro atoms. The zero-order chi connectivity index (χ0) is 13.8. The third-order valence-corrected chi connectivity index (χ3v) is 3.98. The Bertz CT molecular complexity index is 597. The molecule has 2 aromatic rings. The fourth-order valence-electron chi connectivity index (χ4n) is 1.56. The van der Waals surface area contributed by atoms with Gasteiger partial charge in [-0.25, -0.2) is 4.79 Å². The highest BCUT2D eigenvalue weighted by atomic mass is 79.9. The number of carbonyl (C=O) groups is 1. The molecule has 0 fully saturated rings. The lowest BCUT2D eigenvalue weighted by atomic mass is 10.3. The number of benzene rings is 1. The summed E-state index contributed by atoms with van der Waals surface area (Å²) in [4.78, 5) is 12.1. The second-order valence-electron chi connectivity index (χ2n) is 3.80. The van der Waals surface area contributed by atoms with Crippen molar-refractivity contribution >= 4 is 38.9 Å². The van der Waals surface area contributed by atoms with Gasteiger partial charge in [-0.15, -0.1) is 11.3 Å². The third kappa shape index (κ3) is 3.71. The minimum Gasteiger partial charge on any atom is -0.497 e. The molecule has 19 heavy (non-hydrogen) atoms. The van der Waals surface area contributed by atoms with Gasteiger partial charge >= 0.3 is 5.97 Å². The Morgan fingerprint density at radius 1 is 1.42 bits per heavy atom. The highest BCUT2D eigenvalue weighted by Gasteiger charge is 2.07. The number of rotatable bonds is 5. The second-order valence-corrected chi connectivity index (χ2v) is 5.89. The first-order valence-electron chi connectivity index (χ1n) is 5.49. The van der Waals surface area contributed by atoms with Crippen LogP contribution in [0.4, 0.5) is 5.69 Å². The van der Waals surface area contributed by atoms with E-state index < -0.39 is 5.97 Å². The Hall–Kier alpha value is -1.53. The van der Waals surface area contributed by atoms with Crippen molar-refractivity contribution in [1.82, 2.24) is 0 Å². The normalized spacial score (nSPS) is 10.2. The van der Waals surface area contributed by atoms with Crippen LogP contribution in [-0.2, 0) is 6.54 Å². The summed E-state index contributed by atoms with van der Waals surface area (Å²) >= 11 is 4.68. The number of hydrogen-bond acceptors (Lipinski definition) is 4. The molecule has 0 bridgehead atoms. The Balaban J connectivity index is 2.05. The summed E-state index contributed by atoms with van der Waals surface area (Å²) in [5.41, 5.74) is 0.913. The van der Waals surface area contributed by atoms with Gasteiger partial charge in [0.15, 0.2) is 0 Å². The SMILES string of the molecule is COc1cc(Br)cc(NCc2ccc(C(=O)O)s2)c1. The minimum absolute atomic E-state index is 0.351. The van der Waals surface area contributed by atoms with E-state index >= 15 is 0 Å². The summed E-state index contributed by atoms with van der Waals surface area (Å²) in [6.45, 7) is 0.581. The minimum atomic E-state index is -0.889. The highest BCUT2D eigenvalue weighted by Crippen LogP contribution is 2.25. The van der Waals surface area contributed by atoms with Crippen LogP contribution >= 0.6 is 27.3 Å². The van der Waals surface area contributed by atoms with Crippen molar-refractivity contribution in [1.29, 1.82) is 0 Å². The fourth-order valence-corrected chi connectivity index (χ4v) is 2.82. The van der Waals surface area contributed by atoms with Crippen LogP contribution in [0.1, 0.15) is 14.5 Å². The van der Waals surface area contributed by atoms with E-state index in [2.05, 4.69) is 21.2 Å². The molecule has 1 heterocycles. The standard InChI is InChI=1S/C13H12BrNO3S/c1-18-10-5-8(14)4-9(6-10)15-7-11-2-3-12(19-11)13(16)17/h2-6,15H,7H2,1H3,(H,16,17). The van der Waals surface area contributed by atoms with E-state index in [1.54, 1.807) is 13.2 Å². The van der Waals surface area contributed by atoms with Crippen molar-refractivity contribution in [3.63, 3.8) is 0 Å². The molecule has 2 N–H and O–H groups in total. The predicted molar refractivity (Wildman–Crippen MR) is 79.3 cm³/mol. The van der Waals surface area contributed by atoms with Crippen LogP contribution < -0.4 is 10.1 Å². The molecule has 0 radical (unpaired) electrons. The first-order chi connectivity index (χ1) is 9.08. The van der Waals surface area contributed by atoms with Gasteiger partial charge in [-0.2, -0.15) is 0 Å². The summed E-state index contributed by atoms with van der Waals surface area (Å²) in [6, 6.07) is 9.13. The molecule has 6 heteroatoms. The number of ether oxygens (including phenoxy) is 1. The summed E-state index contributed by atoms with van der Waals surface area (Å²) < 4.78 is 6.10. The van der Waals surface area contributed by atoms with Crippen LogP contribution in [0.15, 0.2) is 34.8 Å². The Morgan fingerprint density at radius 3 is 2.84 bits per heavy atom. The third-order valence-electron chi connectivity index (χ3n) is 2.45. The van der Waals surface area contributed by atoms with E-state index in [1.807, 2.05) is 24.3 Å². The molecule has 0 aliphatic heterocycles. The molecular weight excluding hydrogens is 330 g/mol. The van der Waals surface area contributed by atoms with Gasteiger partial charge in [0.05, 0.1) is 7.11 Å². The van der Waals surface area contributed by atoms with Gasteiger partial charge in [0.25, 0.3) is 0 Å². The van der Waals surface area contributed by atoms with Crippen molar-refractivity contribution in [2.75, 3.05) is 12.4 Å². The van der Waals surface area contributed by atoms with E-state index in [0.29, 0.717) is 11.4 Å². The molecule has 0 saturated carbocycles. The molecule has 0 aliphatic rings. The largest absolute Gasteiger partial charge is 0.497 e. The first-order valence-corrected chi connectivity index (χ1v) is 7.10. The van der Waals surface area contributed by atoms with Crippen molar-refractivity contribution in [2.24, 2.45) is 0 Å². The van der Waals surface area contributed by atoms with E-state index in [-0.39, 0.29) is 0 Å². The molecule has 4 nitrogen and oxygen atoms in total. The Labute approximate surface area is 123 Å². The lowest BCUT2D eigenvalue weighted by Gasteiger charge is -2.08. The second kappa shape index (κ2) is 6.08. The number of carboxylic acids is 1. The van der Waals surface area contributed by atoms with Gasteiger partial charge in [-0.05, 0) is 24.3 Å². The zero-order valence-corrected chi connectivity index (χ0v) is 12.5. The maximum atomic E-state index is 10.8. The quantitative estimate of drug-likeness (QED) is 0.867. The Kier molecular flexibility index (Phi) is 4.44. The lowest BCUT2D eigenvalue weighted by molar-refractivity contribution is 0.0702. The first kappa shape index (κ1) is 13.9. The molecule has 0 saturated heterocycles. The van der Waals surface area contributed by atoms with Crippen molar-refractivity contribution < 1.29 is 14.6 Å². The Morgan fingerprint density at radius 2 is 2.21 bits per heavy atom. The summed E-state index contributed by atoms with van der Waals surface area (Å²) in [5.74, 6) is -0.130. The molecule has 100 valence electrons. The predicted octanol–water partition coefficient (Wildman–Crippen LogP) is 3.83. The van der Waals surface area contributed by atoms with Crippen molar-refractivity contribution in [3.8, 4) is 5.75 Å². The topological polar surface area (TPSA) is 58.6 Å². The van der Waals surface area contributed by atoms with Gasteiger partial charge < -0.3 is 15.2 Å². The number of thiophene rings is 1. The van der Waals surface area contributed by atoms with Gasteiger partial charge in [0, 0.05) is 27.6 Å². The van der Waals surface area contributed by atoms with Gasteiger partial charge in [0.2, 0.25) is 0 Å². The van der Waals surface area contributed by atoms with E-state index in [4.69, 9.17) is 9.84 Å². The number of anilines is 1. The van der Waals surface area contributed by atoms with Crippen LogP contribution in [0.5, 0.6) is 5.75 Å². The molecule has 0 atom stereocenters. The molecule has 1 aromatic carbocycles. The van der Waals surface area contributed by atoms with Gasteiger partial charge in [-0.1, -0.05) is 15.9 Å². The lowest BCUT2D eigenvalue weighted by Crippen LogP contribution is -1.98. The number of methoxy groups -OCH3 is 1. The smallest absolute Gasteiger partial charge is 0.345 e. The van der Waals surface area contributed by atoms with E-state index in [1.165, 1.54) is 11.3 Å².